The number of fused-ring (bicyclic) bond motifs is 1. The van der Waals surface area contributed by atoms with Gasteiger partial charge in [0.05, 0.1) is 4.47 Å². The van der Waals surface area contributed by atoms with E-state index in [1.807, 2.05) is 30.3 Å². The van der Waals surface area contributed by atoms with Crippen LogP contribution in [0.2, 0.25) is 0 Å². The lowest BCUT2D eigenvalue weighted by molar-refractivity contribution is 0.0263. The molecule has 1 aliphatic rings. The molecule has 1 aliphatic heterocycles. The lowest BCUT2D eigenvalue weighted by atomic mass is 9.99. The summed E-state index contributed by atoms with van der Waals surface area (Å²) in [5, 5.41) is 0. The third-order valence-electron chi connectivity index (χ3n) is 3.43. The predicted octanol–water partition coefficient (Wildman–Crippen LogP) is 4.54. The van der Waals surface area contributed by atoms with Crippen molar-refractivity contribution in [1.29, 1.82) is 0 Å². The number of Topliss-reactive ketones (excluding diaryl/α,β-unsaturated/α-hetero) is 1. The van der Waals surface area contributed by atoms with E-state index in [-0.39, 0.29) is 5.78 Å². The van der Waals surface area contributed by atoms with Crippen molar-refractivity contribution in [1.82, 2.24) is 0 Å². The monoisotopic (exact) mass is 410 g/mol. The van der Waals surface area contributed by atoms with Gasteiger partial charge in [0.2, 0.25) is 5.78 Å². The Hall–Kier alpha value is -1.17. The van der Waals surface area contributed by atoms with E-state index in [9.17, 15) is 4.79 Å². The van der Waals surface area contributed by atoms with Crippen LogP contribution in [0.5, 0.6) is 5.75 Å². The Balaban J connectivity index is 2.00. The normalized spacial score (nSPS) is 20.0. The summed E-state index contributed by atoms with van der Waals surface area (Å²) in [6.45, 7) is 0. The summed E-state index contributed by atoms with van der Waals surface area (Å²) in [6.07, 6.45) is -1.08. The van der Waals surface area contributed by atoms with Crippen molar-refractivity contribution in [2.45, 2.75) is 12.2 Å². The number of ether oxygens (including phenoxy) is 2. The number of hydrogen-bond acceptors (Lipinski definition) is 3. The van der Waals surface area contributed by atoms with Crippen molar-refractivity contribution in [3.63, 3.8) is 0 Å². The van der Waals surface area contributed by atoms with Gasteiger partial charge in [0, 0.05) is 22.7 Å². The average Bonchev–Trinajstić information content (AvgIpc) is 2.86. The van der Waals surface area contributed by atoms with E-state index in [1.165, 1.54) is 0 Å². The first-order valence-corrected chi connectivity index (χ1v) is 7.98. The highest BCUT2D eigenvalue weighted by Gasteiger charge is 2.41. The highest BCUT2D eigenvalue weighted by Crippen LogP contribution is 2.45. The van der Waals surface area contributed by atoms with Crippen LogP contribution in [0.3, 0.4) is 0 Å². The van der Waals surface area contributed by atoms with Gasteiger partial charge in [-0.25, -0.2) is 0 Å². The number of carbonyl (C=O) groups excluding carboxylic acids is 1. The molecular formula is C16H12Br2O3. The van der Waals surface area contributed by atoms with Crippen LogP contribution < -0.4 is 4.74 Å². The maximum Gasteiger partial charge on any atom is 0.206 e. The van der Waals surface area contributed by atoms with Gasteiger partial charge in [-0.3, -0.25) is 4.79 Å². The highest BCUT2D eigenvalue weighted by molar-refractivity contribution is 9.11. The molecule has 3 nitrogen and oxygen atoms in total. The molecule has 3 rings (SSSR count). The number of ketones is 1. The van der Waals surface area contributed by atoms with Crippen LogP contribution in [0.25, 0.3) is 0 Å². The molecule has 2 aromatic rings. The standard InChI is InChI=1S/C16H12Br2O3/c1-20-15-11-7-10(17)8-12(18)14(11)21-16(15)13(19)9-5-3-2-4-6-9/h2-8,15-16H,1H3/t15-,16-/m1/s1. The van der Waals surface area contributed by atoms with Gasteiger partial charge in [0.25, 0.3) is 0 Å². The molecule has 21 heavy (non-hydrogen) atoms. The molecule has 0 spiro atoms. The van der Waals surface area contributed by atoms with Crippen molar-refractivity contribution in [2.75, 3.05) is 7.11 Å². The minimum Gasteiger partial charge on any atom is -0.478 e. The Kier molecular flexibility index (Phi) is 4.15. The molecule has 0 aromatic heterocycles. The predicted molar refractivity (Wildman–Crippen MR) is 86.8 cm³/mol. The van der Waals surface area contributed by atoms with Gasteiger partial charge in [0.1, 0.15) is 11.9 Å². The largest absolute Gasteiger partial charge is 0.478 e. The maximum absolute atomic E-state index is 12.6. The quantitative estimate of drug-likeness (QED) is 0.695. The smallest absolute Gasteiger partial charge is 0.206 e. The molecule has 0 saturated carbocycles. The van der Waals surface area contributed by atoms with Crippen LogP contribution in [0, 0.1) is 0 Å². The lowest BCUT2D eigenvalue weighted by Crippen LogP contribution is -2.30. The second-order valence-corrected chi connectivity index (χ2v) is 6.50. The first-order chi connectivity index (χ1) is 10.1. The zero-order chi connectivity index (χ0) is 15.0. The van der Waals surface area contributed by atoms with E-state index in [1.54, 1.807) is 19.2 Å². The molecule has 2 aromatic carbocycles. The summed E-state index contributed by atoms with van der Waals surface area (Å²) in [7, 11) is 1.59. The third-order valence-corrected chi connectivity index (χ3v) is 4.48. The number of methoxy groups -OCH3 is 1. The Bertz CT molecular complexity index is 685. The van der Waals surface area contributed by atoms with Crippen molar-refractivity contribution in [3.8, 4) is 5.75 Å². The van der Waals surface area contributed by atoms with Gasteiger partial charge in [-0.2, -0.15) is 0 Å². The van der Waals surface area contributed by atoms with Crippen molar-refractivity contribution < 1.29 is 14.3 Å². The van der Waals surface area contributed by atoms with Gasteiger partial charge < -0.3 is 9.47 Å². The van der Waals surface area contributed by atoms with Crippen LogP contribution in [0.1, 0.15) is 22.0 Å². The molecular weight excluding hydrogens is 400 g/mol. The highest BCUT2D eigenvalue weighted by atomic mass is 79.9. The first kappa shape index (κ1) is 14.8. The zero-order valence-electron chi connectivity index (χ0n) is 11.2. The molecule has 5 heteroatoms. The van der Waals surface area contributed by atoms with Gasteiger partial charge in [-0.15, -0.1) is 0 Å². The lowest BCUT2D eigenvalue weighted by Gasteiger charge is -2.16. The summed E-state index contributed by atoms with van der Waals surface area (Å²) in [5.41, 5.74) is 1.49. The van der Waals surface area contributed by atoms with E-state index in [4.69, 9.17) is 9.47 Å². The molecule has 0 amide bonds. The van der Waals surface area contributed by atoms with E-state index in [0.29, 0.717) is 11.3 Å². The van der Waals surface area contributed by atoms with Crippen molar-refractivity contribution >= 4 is 37.6 Å². The Morgan fingerprint density at radius 2 is 1.90 bits per heavy atom. The van der Waals surface area contributed by atoms with Crippen LogP contribution in [-0.2, 0) is 4.74 Å². The summed E-state index contributed by atoms with van der Waals surface area (Å²) in [5.74, 6) is 0.584. The van der Waals surface area contributed by atoms with Crippen molar-refractivity contribution in [3.05, 3.63) is 62.5 Å². The van der Waals surface area contributed by atoms with E-state index in [0.717, 1.165) is 14.5 Å². The van der Waals surface area contributed by atoms with E-state index in [2.05, 4.69) is 31.9 Å². The van der Waals surface area contributed by atoms with Gasteiger partial charge in [-0.05, 0) is 28.1 Å². The third kappa shape index (κ3) is 2.65. The van der Waals surface area contributed by atoms with Gasteiger partial charge >= 0.3 is 0 Å². The Labute approximate surface area is 139 Å². The Morgan fingerprint density at radius 3 is 2.57 bits per heavy atom. The number of halogens is 2. The topological polar surface area (TPSA) is 35.5 Å². The molecule has 1 heterocycles. The summed E-state index contributed by atoms with van der Waals surface area (Å²) >= 11 is 6.91. The molecule has 108 valence electrons. The fourth-order valence-corrected chi connectivity index (χ4v) is 3.83. The van der Waals surface area contributed by atoms with E-state index < -0.39 is 12.2 Å². The van der Waals surface area contributed by atoms with Crippen molar-refractivity contribution in [2.24, 2.45) is 0 Å². The molecule has 0 saturated heterocycles. The first-order valence-electron chi connectivity index (χ1n) is 6.39. The van der Waals surface area contributed by atoms with Crippen LogP contribution in [0.4, 0.5) is 0 Å². The zero-order valence-corrected chi connectivity index (χ0v) is 14.3. The molecule has 0 radical (unpaired) electrons. The number of carbonyl (C=O) groups is 1. The summed E-state index contributed by atoms with van der Waals surface area (Å²) in [4.78, 5) is 12.6. The molecule has 0 fully saturated rings. The molecule has 2 atom stereocenters. The van der Waals surface area contributed by atoms with Gasteiger partial charge in [-0.1, -0.05) is 46.3 Å². The summed E-state index contributed by atoms with van der Waals surface area (Å²) in [6, 6.07) is 12.9. The SMILES string of the molecule is CO[C@@H]1c2cc(Br)cc(Br)c2O[C@@H]1C(=O)c1ccccc1. The second kappa shape index (κ2) is 5.91. The Morgan fingerprint density at radius 1 is 1.19 bits per heavy atom. The molecule has 0 aliphatic carbocycles. The fraction of sp³-hybridized carbons (Fsp3) is 0.188. The minimum atomic E-state index is -0.669. The summed E-state index contributed by atoms with van der Waals surface area (Å²) < 4.78 is 13.1. The minimum absolute atomic E-state index is 0.0818. The fourth-order valence-electron chi connectivity index (χ4n) is 2.48. The number of benzene rings is 2. The number of hydrogen-bond donors (Lipinski definition) is 0. The molecule has 0 N–H and O–H groups in total. The van der Waals surface area contributed by atoms with Crippen LogP contribution >= 0.6 is 31.9 Å². The average molecular weight is 412 g/mol. The van der Waals surface area contributed by atoms with Crippen LogP contribution in [0.15, 0.2) is 51.4 Å². The molecule has 0 unspecified atom stereocenters. The van der Waals surface area contributed by atoms with Gasteiger partial charge in [0.15, 0.2) is 6.10 Å². The second-order valence-electron chi connectivity index (χ2n) is 4.73. The van der Waals surface area contributed by atoms with E-state index >= 15 is 0 Å². The molecule has 0 bridgehead atoms. The maximum atomic E-state index is 12.6. The number of rotatable bonds is 3. The van der Waals surface area contributed by atoms with Crippen LogP contribution in [-0.4, -0.2) is 19.0 Å².